The summed E-state index contributed by atoms with van der Waals surface area (Å²) in [4.78, 5) is 0. The fourth-order valence-corrected chi connectivity index (χ4v) is 1.83. The lowest BCUT2D eigenvalue weighted by molar-refractivity contribution is 0.515. The monoisotopic (exact) mass is 235 g/mol. The van der Waals surface area contributed by atoms with Crippen molar-refractivity contribution < 1.29 is 4.42 Å². The molecule has 1 heterocycles. The molecular formula is C13H14ClNO. The lowest BCUT2D eigenvalue weighted by atomic mass is 10.2. The zero-order valence-electron chi connectivity index (χ0n) is 9.38. The quantitative estimate of drug-likeness (QED) is 0.864. The maximum absolute atomic E-state index is 6.12. The second-order valence-electron chi connectivity index (χ2n) is 3.86. The summed E-state index contributed by atoms with van der Waals surface area (Å²) in [5.74, 6) is 0.941. The number of anilines is 1. The summed E-state index contributed by atoms with van der Waals surface area (Å²) in [5.41, 5.74) is 3.24. The summed E-state index contributed by atoms with van der Waals surface area (Å²) >= 11 is 6.12. The van der Waals surface area contributed by atoms with Crippen LogP contribution in [0.1, 0.15) is 16.9 Å². The van der Waals surface area contributed by atoms with Gasteiger partial charge in [-0.2, -0.15) is 0 Å². The molecule has 1 aromatic heterocycles. The lowest BCUT2D eigenvalue weighted by Crippen LogP contribution is -2.00. The Bertz CT molecular complexity index is 490. The summed E-state index contributed by atoms with van der Waals surface area (Å²) in [7, 11) is 0. The molecular weight excluding hydrogens is 222 g/mol. The number of nitrogens with one attached hydrogen (secondary N) is 1. The number of hydrogen-bond acceptors (Lipinski definition) is 2. The molecule has 0 saturated heterocycles. The van der Waals surface area contributed by atoms with Gasteiger partial charge in [-0.05, 0) is 43.2 Å². The van der Waals surface area contributed by atoms with Crippen LogP contribution in [0, 0.1) is 13.8 Å². The minimum atomic E-state index is 0.654. The van der Waals surface area contributed by atoms with Gasteiger partial charge in [0.1, 0.15) is 5.76 Å². The lowest BCUT2D eigenvalue weighted by Gasteiger charge is -2.08. The molecule has 0 amide bonds. The zero-order valence-corrected chi connectivity index (χ0v) is 10.1. The molecule has 3 heteroatoms. The van der Waals surface area contributed by atoms with E-state index in [0.717, 1.165) is 27.6 Å². The number of rotatable bonds is 3. The summed E-state index contributed by atoms with van der Waals surface area (Å²) in [6.07, 6.45) is 1.70. The Hall–Kier alpha value is -1.41. The first kappa shape index (κ1) is 11.1. The van der Waals surface area contributed by atoms with E-state index in [-0.39, 0.29) is 0 Å². The largest absolute Gasteiger partial charge is 0.467 e. The highest BCUT2D eigenvalue weighted by molar-refractivity contribution is 6.33. The zero-order chi connectivity index (χ0) is 11.5. The van der Waals surface area contributed by atoms with Gasteiger partial charge in [0.15, 0.2) is 0 Å². The van der Waals surface area contributed by atoms with Gasteiger partial charge in [0, 0.05) is 0 Å². The second kappa shape index (κ2) is 4.62. The Morgan fingerprint density at radius 3 is 2.69 bits per heavy atom. The molecule has 0 fully saturated rings. The normalized spacial score (nSPS) is 10.4. The highest BCUT2D eigenvalue weighted by atomic mass is 35.5. The van der Waals surface area contributed by atoms with Gasteiger partial charge in [-0.15, -0.1) is 0 Å². The van der Waals surface area contributed by atoms with Crippen LogP contribution in [0.15, 0.2) is 34.9 Å². The van der Waals surface area contributed by atoms with Crippen molar-refractivity contribution in [3.05, 3.63) is 52.4 Å². The van der Waals surface area contributed by atoms with Gasteiger partial charge < -0.3 is 9.73 Å². The highest BCUT2D eigenvalue weighted by Crippen LogP contribution is 2.23. The van der Waals surface area contributed by atoms with Gasteiger partial charge >= 0.3 is 0 Å². The molecule has 16 heavy (non-hydrogen) atoms. The van der Waals surface area contributed by atoms with Crippen molar-refractivity contribution in [1.82, 2.24) is 0 Å². The van der Waals surface area contributed by atoms with Crippen LogP contribution < -0.4 is 5.32 Å². The molecule has 0 radical (unpaired) electrons. The first-order valence-corrected chi connectivity index (χ1v) is 5.57. The minimum absolute atomic E-state index is 0.654. The number of benzene rings is 1. The van der Waals surface area contributed by atoms with Gasteiger partial charge in [0.05, 0.1) is 23.5 Å². The molecule has 84 valence electrons. The smallest absolute Gasteiger partial charge is 0.125 e. The van der Waals surface area contributed by atoms with Crippen LogP contribution in [0.3, 0.4) is 0 Å². The molecule has 0 unspecified atom stereocenters. The third kappa shape index (κ3) is 2.39. The van der Waals surface area contributed by atoms with E-state index in [0.29, 0.717) is 6.54 Å². The van der Waals surface area contributed by atoms with Crippen LogP contribution in [-0.2, 0) is 6.54 Å². The first-order valence-electron chi connectivity index (χ1n) is 5.20. The summed E-state index contributed by atoms with van der Waals surface area (Å²) in [6.45, 7) is 4.70. The standard InChI is InChI=1S/C13H14ClNO/c1-9-3-4-12(11(14)7-9)15-8-13-10(2)5-6-16-13/h3-7,15H,8H2,1-2H3. The molecule has 2 rings (SSSR count). The number of furan rings is 1. The molecule has 2 aromatic rings. The number of halogens is 1. The molecule has 0 spiro atoms. The molecule has 1 N–H and O–H groups in total. The van der Waals surface area contributed by atoms with E-state index < -0.39 is 0 Å². The molecule has 0 bridgehead atoms. The summed E-state index contributed by atoms with van der Waals surface area (Å²) < 4.78 is 5.34. The summed E-state index contributed by atoms with van der Waals surface area (Å²) in [5, 5.41) is 4.00. The molecule has 0 aliphatic heterocycles. The van der Waals surface area contributed by atoms with Crippen LogP contribution in [-0.4, -0.2) is 0 Å². The first-order chi connectivity index (χ1) is 7.66. The SMILES string of the molecule is Cc1ccc(NCc2occc2C)c(Cl)c1. The van der Waals surface area contributed by atoms with Crippen molar-refractivity contribution >= 4 is 17.3 Å². The fraction of sp³-hybridized carbons (Fsp3) is 0.231. The molecule has 0 aliphatic rings. The van der Waals surface area contributed by atoms with Gasteiger partial charge in [-0.1, -0.05) is 17.7 Å². The van der Waals surface area contributed by atoms with E-state index in [1.807, 2.05) is 38.1 Å². The average Bonchev–Trinajstić information content (AvgIpc) is 2.63. The van der Waals surface area contributed by atoms with Crippen LogP contribution in [0.4, 0.5) is 5.69 Å². The van der Waals surface area contributed by atoms with Crippen LogP contribution in [0.2, 0.25) is 5.02 Å². The van der Waals surface area contributed by atoms with Crippen molar-refractivity contribution in [2.24, 2.45) is 0 Å². The topological polar surface area (TPSA) is 25.2 Å². The Morgan fingerprint density at radius 1 is 1.25 bits per heavy atom. The Morgan fingerprint density at radius 2 is 2.06 bits per heavy atom. The van der Waals surface area contributed by atoms with Crippen molar-refractivity contribution in [2.75, 3.05) is 5.32 Å². The van der Waals surface area contributed by atoms with E-state index in [4.69, 9.17) is 16.0 Å². The van der Waals surface area contributed by atoms with Gasteiger partial charge in [-0.25, -0.2) is 0 Å². The predicted molar refractivity (Wildman–Crippen MR) is 67.0 cm³/mol. The van der Waals surface area contributed by atoms with E-state index in [1.165, 1.54) is 0 Å². The predicted octanol–water partition coefficient (Wildman–Crippen LogP) is 4.16. The maximum Gasteiger partial charge on any atom is 0.125 e. The van der Waals surface area contributed by atoms with Gasteiger partial charge in [-0.3, -0.25) is 0 Å². The van der Waals surface area contributed by atoms with Crippen molar-refractivity contribution in [1.29, 1.82) is 0 Å². The molecule has 1 aromatic carbocycles. The maximum atomic E-state index is 6.12. The third-order valence-electron chi connectivity index (χ3n) is 2.53. The van der Waals surface area contributed by atoms with Crippen molar-refractivity contribution in [2.45, 2.75) is 20.4 Å². The van der Waals surface area contributed by atoms with Gasteiger partial charge in [0.2, 0.25) is 0 Å². The Balaban J connectivity index is 2.08. The van der Waals surface area contributed by atoms with E-state index >= 15 is 0 Å². The Kier molecular flexibility index (Phi) is 3.20. The molecule has 0 atom stereocenters. The minimum Gasteiger partial charge on any atom is -0.467 e. The van der Waals surface area contributed by atoms with Gasteiger partial charge in [0.25, 0.3) is 0 Å². The highest BCUT2D eigenvalue weighted by Gasteiger charge is 2.03. The van der Waals surface area contributed by atoms with Crippen LogP contribution in [0.5, 0.6) is 0 Å². The number of aryl methyl sites for hydroxylation is 2. The van der Waals surface area contributed by atoms with Crippen LogP contribution >= 0.6 is 11.6 Å². The molecule has 0 saturated carbocycles. The second-order valence-corrected chi connectivity index (χ2v) is 4.27. The number of hydrogen-bond donors (Lipinski definition) is 1. The molecule has 0 aliphatic carbocycles. The van der Waals surface area contributed by atoms with E-state index in [9.17, 15) is 0 Å². The Labute approximate surface area is 100 Å². The average molecular weight is 236 g/mol. The van der Waals surface area contributed by atoms with E-state index in [2.05, 4.69) is 5.32 Å². The van der Waals surface area contributed by atoms with E-state index in [1.54, 1.807) is 6.26 Å². The molecule has 2 nitrogen and oxygen atoms in total. The third-order valence-corrected chi connectivity index (χ3v) is 2.84. The van der Waals surface area contributed by atoms with Crippen molar-refractivity contribution in [3.8, 4) is 0 Å². The van der Waals surface area contributed by atoms with Crippen molar-refractivity contribution in [3.63, 3.8) is 0 Å². The summed E-state index contributed by atoms with van der Waals surface area (Å²) in [6, 6.07) is 7.91. The van der Waals surface area contributed by atoms with Crippen LogP contribution in [0.25, 0.3) is 0 Å². The fourth-order valence-electron chi connectivity index (χ4n) is 1.52.